The molecule has 1 aromatic heterocycles. The maximum Gasteiger partial charge on any atom is 0.536 e. The molecule has 0 N–H and O–H groups in total. The minimum atomic E-state index is -2.72. The first-order valence-corrected chi connectivity index (χ1v) is 9.00. The average Bonchev–Trinajstić information content (AvgIpc) is 2.89. The van der Waals surface area contributed by atoms with Gasteiger partial charge in [0.15, 0.2) is 0 Å². The maximum absolute atomic E-state index is 5.46. The van der Waals surface area contributed by atoms with Gasteiger partial charge in [-0.1, -0.05) is 24.3 Å². The molecule has 1 aromatic carbocycles. The lowest BCUT2D eigenvalue weighted by Gasteiger charge is -2.24. The second kappa shape index (κ2) is 6.30. The minimum absolute atomic E-state index is 0.958. The molecule has 0 atom stereocenters. The lowest BCUT2D eigenvalue weighted by atomic mass is 10.2. The van der Waals surface area contributed by atoms with E-state index in [4.69, 9.17) is 13.3 Å². The van der Waals surface area contributed by atoms with E-state index in [-0.39, 0.29) is 0 Å². The van der Waals surface area contributed by atoms with Crippen LogP contribution in [0.25, 0.3) is 10.4 Å². The zero-order valence-electron chi connectivity index (χ0n) is 11.0. The van der Waals surface area contributed by atoms with Gasteiger partial charge >= 0.3 is 8.80 Å². The summed E-state index contributed by atoms with van der Waals surface area (Å²) < 4.78 is 17.5. The van der Waals surface area contributed by atoms with Crippen molar-refractivity contribution in [2.75, 3.05) is 21.3 Å². The molecule has 0 aliphatic heterocycles. The van der Waals surface area contributed by atoms with E-state index in [1.54, 1.807) is 32.7 Å². The van der Waals surface area contributed by atoms with Crippen molar-refractivity contribution in [2.45, 2.75) is 0 Å². The van der Waals surface area contributed by atoms with Crippen LogP contribution in [0.4, 0.5) is 0 Å². The maximum atomic E-state index is 5.46. The molecule has 0 aliphatic rings. The molecule has 0 unspecified atom stereocenters. The largest absolute Gasteiger partial charge is 0.536 e. The molecule has 19 heavy (non-hydrogen) atoms. The second-order valence-electron chi connectivity index (χ2n) is 3.85. The fourth-order valence-corrected chi connectivity index (χ4v) is 5.09. The van der Waals surface area contributed by atoms with E-state index in [0.717, 1.165) is 8.97 Å². The van der Waals surface area contributed by atoms with Crippen molar-refractivity contribution in [2.24, 2.45) is 0 Å². The Bertz CT molecular complexity index is 529. The van der Waals surface area contributed by atoms with Crippen LogP contribution in [0.2, 0.25) is 0 Å². The van der Waals surface area contributed by atoms with Gasteiger partial charge < -0.3 is 13.3 Å². The van der Waals surface area contributed by atoms with E-state index >= 15 is 0 Å². The number of thiophene rings is 1. The summed E-state index contributed by atoms with van der Waals surface area (Å²) in [7, 11) is 2.13. The van der Waals surface area contributed by atoms with Crippen LogP contribution in [0.3, 0.4) is 0 Å². The SMILES string of the molecule is CO[Si](OC)(OC)c1ccc(-c2ccc(Br)s2)cc1. The van der Waals surface area contributed by atoms with Crippen LogP contribution in [0.1, 0.15) is 0 Å². The molecule has 6 heteroatoms. The van der Waals surface area contributed by atoms with Gasteiger partial charge in [-0.15, -0.1) is 11.3 Å². The Hall–Kier alpha value is -0.503. The summed E-state index contributed by atoms with van der Waals surface area (Å²) >= 11 is 5.18. The van der Waals surface area contributed by atoms with Crippen LogP contribution in [0.5, 0.6) is 0 Å². The third-order valence-electron chi connectivity index (χ3n) is 2.90. The molecule has 2 aromatic rings. The zero-order chi connectivity index (χ0) is 13.9. The zero-order valence-corrected chi connectivity index (χ0v) is 14.4. The van der Waals surface area contributed by atoms with Gasteiger partial charge in [0.2, 0.25) is 0 Å². The Balaban J connectivity index is 2.32. The number of halogens is 1. The Morgan fingerprint density at radius 3 is 1.89 bits per heavy atom. The monoisotopic (exact) mass is 358 g/mol. The van der Waals surface area contributed by atoms with Crippen molar-refractivity contribution < 1.29 is 13.3 Å². The van der Waals surface area contributed by atoms with Gasteiger partial charge in [0.25, 0.3) is 0 Å². The predicted molar refractivity (Wildman–Crippen MR) is 83.9 cm³/mol. The normalized spacial score (nSPS) is 11.8. The van der Waals surface area contributed by atoms with Crippen LogP contribution in [-0.2, 0) is 13.3 Å². The molecule has 102 valence electrons. The second-order valence-corrected chi connectivity index (χ2v) is 9.23. The Morgan fingerprint density at radius 2 is 1.47 bits per heavy atom. The van der Waals surface area contributed by atoms with Crippen molar-refractivity contribution in [3.05, 3.63) is 40.2 Å². The highest BCUT2D eigenvalue weighted by atomic mass is 79.9. The summed E-state index contributed by atoms with van der Waals surface area (Å²) in [5.41, 5.74) is 1.17. The van der Waals surface area contributed by atoms with Crippen molar-refractivity contribution in [3.8, 4) is 10.4 Å². The summed E-state index contributed by atoms with van der Waals surface area (Å²) in [4.78, 5) is 1.22. The van der Waals surface area contributed by atoms with Gasteiger partial charge in [-0.25, -0.2) is 0 Å². The third-order valence-corrected chi connectivity index (χ3v) is 7.23. The molecule has 0 fully saturated rings. The third kappa shape index (κ3) is 2.99. The minimum Gasteiger partial charge on any atom is -0.373 e. The summed E-state index contributed by atoms with van der Waals surface area (Å²) in [5.74, 6) is 0. The smallest absolute Gasteiger partial charge is 0.373 e. The summed E-state index contributed by atoms with van der Waals surface area (Å²) in [6.45, 7) is 0. The fourth-order valence-electron chi connectivity index (χ4n) is 1.91. The lowest BCUT2D eigenvalue weighted by molar-refractivity contribution is 0.140. The molecular weight excluding hydrogens is 344 g/mol. The van der Waals surface area contributed by atoms with E-state index in [1.165, 1.54) is 10.4 Å². The molecule has 1 heterocycles. The van der Waals surface area contributed by atoms with E-state index in [1.807, 2.05) is 18.2 Å². The Labute approximate surface area is 126 Å². The Morgan fingerprint density at radius 1 is 0.895 bits per heavy atom. The quantitative estimate of drug-likeness (QED) is 0.767. The number of rotatable bonds is 5. The molecule has 0 saturated heterocycles. The highest BCUT2D eigenvalue weighted by Crippen LogP contribution is 2.30. The topological polar surface area (TPSA) is 27.7 Å². The van der Waals surface area contributed by atoms with Crippen LogP contribution in [0.15, 0.2) is 40.2 Å². The van der Waals surface area contributed by atoms with E-state index < -0.39 is 8.80 Å². The van der Waals surface area contributed by atoms with Crippen molar-refractivity contribution in [1.29, 1.82) is 0 Å². The summed E-state index contributed by atoms with van der Waals surface area (Å²) in [6.07, 6.45) is 0. The van der Waals surface area contributed by atoms with E-state index in [9.17, 15) is 0 Å². The lowest BCUT2D eigenvalue weighted by Crippen LogP contribution is -2.54. The highest BCUT2D eigenvalue weighted by molar-refractivity contribution is 9.11. The highest BCUT2D eigenvalue weighted by Gasteiger charge is 2.40. The summed E-state index contributed by atoms with van der Waals surface area (Å²) in [6, 6.07) is 12.3. The Kier molecular flexibility index (Phi) is 4.94. The molecule has 0 aliphatic carbocycles. The molecule has 2 rings (SSSR count). The van der Waals surface area contributed by atoms with Crippen LogP contribution < -0.4 is 5.19 Å². The molecular formula is C13H15BrO3SSi. The fraction of sp³-hybridized carbons (Fsp3) is 0.231. The van der Waals surface area contributed by atoms with Gasteiger partial charge in [-0.3, -0.25) is 0 Å². The van der Waals surface area contributed by atoms with E-state index in [0.29, 0.717) is 0 Å². The predicted octanol–water partition coefficient (Wildman–Crippen LogP) is 3.26. The van der Waals surface area contributed by atoms with Gasteiger partial charge in [0.05, 0.1) is 3.79 Å². The van der Waals surface area contributed by atoms with Gasteiger partial charge in [0, 0.05) is 31.4 Å². The molecule has 0 spiro atoms. The first kappa shape index (κ1) is 14.9. The summed E-state index contributed by atoms with van der Waals surface area (Å²) in [5, 5.41) is 0.958. The first-order valence-electron chi connectivity index (χ1n) is 5.67. The molecule has 3 nitrogen and oxygen atoms in total. The number of hydrogen-bond donors (Lipinski definition) is 0. The molecule has 0 saturated carbocycles. The average molecular weight is 359 g/mol. The number of hydrogen-bond acceptors (Lipinski definition) is 4. The molecule has 0 bridgehead atoms. The molecule has 0 radical (unpaired) electrons. The van der Waals surface area contributed by atoms with Gasteiger partial charge in [0.1, 0.15) is 0 Å². The van der Waals surface area contributed by atoms with Crippen LogP contribution in [-0.4, -0.2) is 30.1 Å². The van der Waals surface area contributed by atoms with Gasteiger partial charge in [-0.05, 0) is 33.6 Å². The van der Waals surface area contributed by atoms with Crippen molar-refractivity contribution in [1.82, 2.24) is 0 Å². The van der Waals surface area contributed by atoms with Crippen LogP contribution in [0, 0.1) is 0 Å². The van der Waals surface area contributed by atoms with Crippen molar-refractivity contribution >= 4 is 41.3 Å². The van der Waals surface area contributed by atoms with Crippen molar-refractivity contribution in [3.63, 3.8) is 0 Å². The van der Waals surface area contributed by atoms with Crippen LogP contribution >= 0.6 is 27.3 Å². The number of benzene rings is 1. The van der Waals surface area contributed by atoms with E-state index in [2.05, 4.69) is 34.1 Å². The molecule has 0 amide bonds. The van der Waals surface area contributed by atoms with Gasteiger partial charge in [-0.2, -0.15) is 0 Å². The first-order chi connectivity index (χ1) is 9.15. The standard InChI is InChI=1S/C13H15BrO3SSi/c1-15-19(16-2,17-3)11-6-4-10(5-7-11)12-8-9-13(14)18-12/h4-9H,1-3H3.